The van der Waals surface area contributed by atoms with Crippen molar-refractivity contribution in [2.75, 3.05) is 31.6 Å². The Morgan fingerprint density at radius 1 is 0.938 bits per heavy atom. The lowest BCUT2D eigenvalue weighted by atomic mass is 9.95. The molecule has 1 saturated heterocycles. The average Bonchev–Trinajstić information content (AvgIpc) is 3.86. The van der Waals surface area contributed by atoms with Gasteiger partial charge in [-0.15, -0.1) is 5.10 Å². The molecule has 322 valence electrons. The zero-order valence-corrected chi connectivity index (χ0v) is 35.0. The maximum absolute atomic E-state index is 14.9. The van der Waals surface area contributed by atoms with Crippen molar-refractivity contribution in [1.82, 2.24) is 40.5 Å². The number of halogens is 3. The van der Waals surface area contributed by atoms with E-state index in [0.29, 0.717) is 90.3 Å². The molecule has 0 aliphatic carbocycles. The number of amides is 3. The van der Waals surface area contributed by atoms with Gasteiger partial charge in [-0.05, 0) is 60.5 Å². The summed E-state index contributed by atoms with van der Waals surface area (Å²) in [5.41, 5.74) is 6.70. The third-order valence-electron chi connectivity index (χ3n) is 11.1. The molecule has 9 rings (SSSR count). The van der Waals surface area contributed by atoms with Crippen LogP contribution in [0.1, 0.15) is 57.4 Å². The number of carbonyl (C=O) groups is 3. The van der Waals surface area contributed by atoms with Gasteiger partial charge >= 0.3 is 0 Å². The molecule has 3 amide bonds. The fraction of sp³-hybridized carbons (Fsp3) is 0.234. The first-order valence-electron chi connectivity index (χ1n) is 20.7. The van der Waals surface area contributed by atoms with E-state index >= 15 is 0 Å². The van der Waals surface area contributed by atoms with Crippen LogP contribution in [0, 0.1) is 23.5 Å². The van der Waals surface area contributed by atoms with E-state index < -0.39 is 23.6 Å². The third-order valence-corrected chi connectivity index (χ3v) is 11.3. The molecule has 1 atom stereocenters. The minimum Gasteiger partial charge on any atom is -0.378 e. The molecule has 3 aliphatic heterocycles. The second-order valence-corrected chi connectivity index (χ2v) is 15.7. The van der Waals surface area contributed by atoms with Crippen LogP contribution in [0.15, 0.2) is 96.2 Å². The van der Waals surface area contributed by atoms with Crippen molar-refractivity contribution >= 4 is 46.7 Å². The van der Waals surface area contributed by atoms with Gasteiger partial charge in [-0.25, -0.2) is 23.4 Å². The van der Waals surface area contributed by atoms with Gasteiger partial charge in [0.15, 0.2) is 0 Å². The normalized spacial score (nSPS) is 15.4. The minimum atomic E-state index is -0.722. The third kappa shape index (κ3) is 9.00. The molecule has 64 heavy (non-hydrogen) atoms. The molecule has 2 aromatic heterocycles. The maximum Gasteiger partial charge on any atom is 0.255 e. The fourth-order valence-electron chi connectivity index (χ4n) is 7.86. The van der Waals surface area contributed by atoms with Crippen molar-refractivity contribution in [2.45, 2.75) is 44.9 Å². The number of piperidine rings is 1. The monoisotopic (exact) mass is 880 g/mol. The molecule has 0 bridgehead atoms. The zero-order chi connectivity index (χ0) is 44.2. The highest BCUT2D eigenvalue weighted by molar-refractivity contribution is 6.31. The lowest BCUT2D eigenvalue weighted by molar-refractivity contribution is -0.136. The first kappa shape index (κ1) is 42.1. The molecule has 5 heterocycles. The number of nitrogens with one attached hydrogen (secondary N) is 3. The van der Waals surface area contributed by atoms with Crippen LogP contribution in [-0.4, -0.2) is 85.6 Å². The molecule has 14 nitrogen and oxygen atoms in total. The summed E-state index contributed by atoms with van der Waals surface area (Å²) in [7, 11) is 0. The predicted octanol–water partition coefficient (Wildman–Crippen LogP) is 6.24. The molecule has 0 saturated carbocycles. The number of carbonyl (C=O) groups excluding carboxylic acids is 3. The highest BCUT2D eigenvalue weighted by Gasteiger charge is 2.39. The Balaban J connectivity index is 0.724. The second-order valence-electron chi connectivity index (χ2n) is 15.2. The molecule has 3 N–H and O–H groups in total. The number of aromatic nitrogens is 5. The Hall–Kier alpha value is -7.19. The van der Waals surface area contributed by atoms with E-state index in [2.05, 4.69) is 48.1 Å². The fourth-order valence-corrected chi connectivity index (χ4v) is 8.03. The molecule has 0 spiro atoms. The molecule has 0 radical (unpaired) electrons. The van der Waals surface area contributed by atoms with Gasteiger partial charge in [0.2, 0.25) is 17.8 Å². The van der Waals surface area contributed by atoms with Crippen LogP contribution in [0.4, 0.5) is 20.4 Å². The summed E-state index contributed by atoms with van der Waals surface area (Å²) in [6, 6.07) is 21.2. The van der Waals surface area contributed by atoms with E-state index in [0.717, 1.165) is 22.4 Å². The van der Waals surface area contributed by atoms with Crippen molar-refractivity contribution in [3.8, 4) is 34.4 Å². The van der Waals surface area contributed by atoms with Crippen molar-refractivity contribution in [3.05, 3.63) is 141 Å². The number of aliphatic imine (C=N–C) groups is 1. The van der Waals surface area contributed by atoms with Crippen molar-refractivity contribution in [2.24, 2.45) is 4.99 Å². The van der Waals surface area contributed by atoms with Crippen molar-refractivity contribution in [1.29, 1.82) is 0 Å². The van der Waals surface area contributed by atoms with Crippen LogP contribution >= 0.6 is 11.6 Å². The maximum atomic E-state index is 14.9. The number of benzene rings is 4. The Morgan fingerprint density at radius 2 is 1.77 bits per heavy atom. The van der Waals surface area contributed by atoms with E-state index in [9.17, 15) is 23.2 Å². The van der Waals surface area contributed by atoms with Crippen LogP contribution < -0.4 is 16.0 Å². The Morgan fingerprint density at radius 3 is 2.59 bits per heavy atom. The lowest BCUT2D eigenvalue weighted by Crippen LogP contribution is -2.52. The Bertz CT molecular complexity index is 2870. The molecule has 17 heteroatoms. The number of hydrogen-bond donors (Lipinski definition) is 3. The summed E-state index contributed by atoms with van der Waals surface area (Å²) in [4.78, 5) is 52.5. The smallest absolute Gasteiger partial charge is 0.255 e. The summed E-state index contributed by atoms with van der Waals surface area (Å²) in [5, 5.41) is 17.9. The van der Waals surface area contributed by atoms with Gasteiger partial charge in [-0.3, -0.25) is 24.7 Å². The van der Waals surface area contributed by atoms with E-state index in [-0.39, 0.29) is 42.6 Å². The number of fused-ring (bicyclic) bond motifs is 4. The van der Waals surface area contributed by atoms with Gasteiger partial charge in [0.05, 0.1) is 49.5 Å². The van der Waals surface area contributed by atoms with E-state index in [4.69, 9.17) is 21.3 Å². The van der Waals surface area contributed by atoms with E-state index in [1.807, 2.05) is 36.5 Å². The summed E-state index contributed by atoms with van der Waals surface area (Å²) in [6.07, 6.45) is 4.64. The molecule has 6 aromatic rings. The molecule has 3 aliphatic rings. The van der Waals surface area contributed by atoms with E-state index in [1.165, 1.54) is 23.1 Å². The highest BCUT2D eigenvalue weighted by Crippen LogP contribution is 2.35. The van der Waals surface area contributed by atoms with Crippen LogP contribution in [0.5, 0.6) is 0 Å². The predicted molar refractivity (Wildman–Crippen MR) is 235 cm³/mol. The summed E-state index contributed by atoms with van der Waals surface area (Å²) < 4.78 is 37.4. The number of rotatable bonds is 13. The average molecular weight is 881 g/mol. The second kappa shape index (κ2) is 18.7. The number of hydrogen-bond acceptors (Lipinski definition) is 11. The van der Waals surface area contributed by atoms with Crippen molar-refractivity contribution in [3.63, 3.8) is 0 Å². The van der Waals surface area contributed by atoms with Crippen molar-refractivity contribution < 1.29 is 27.9 Å². The SMILES string of the molecule is O=C1CCC(N2Cc3c(C#CCCNCCOCCn4cc(-c5ccc(Nc6ncc7c(n6)-c6ccc(Cl)cc6C(c6c(F)cccc6F)=NC7)cc5)nn4)cccc3C2=O)C(=O)N1. The van der Waals surface area contributed by atoms with Gasteiger partial charge in [0.25, 0.3) is 5.91 Å². The molecule has 1 fully saturated rings. The lowest BCUT2D eigenvalue weighted by Gasteiger charge is -2.29. The van der Waals surface area contributed by atoms with E-state index in [1.54, 1.807) is 41.2 Å². The summed E-state index contributed by atoms with van der Waals surface area (Å²) >= 11 is 6.36. The van der Waals surface area contributed by atoms with Gasteiger partial charge in [0.1, 0.15) is 23.4 Å². The quantitative estimate of drug-likeness (QED) is 0.0687. The van der Waals surface area contributed by atoms with Crippen LogP contribution in [0.3, 0.4) is 0 Å². The first-order chi connectivity index (χ1) is 31.2. The van der Waals surface area contributed by atoms with Crippen LogP contribution in [0.2, 0.25) is 5.02 Å². The molecule has 1 unspecified atom stereocenters. The Kier molecular flexibility index (Phi) is 12.3. The number of ether oxygens (including phenoxy) is 1. The molecular weight excluding hydrogens is 842 g/mol. The topological polar surface area (TPSA) is 169 Å². The van der Waals surface area contributed by atoms with Gasteiger partial charge in [0, 0.05) is 82.8 Å². The van der Waals surface area contributed by atoms with Crippen LogP contribution in [0.25, 0.3) is 22.5 Å². The zero-order valence-electron chi connectivity index (χ0n) is 34.2. The highest BCUT2D eigenvalue weighted by atomic mass is 35.5. The summed E-state index contributed by atoms with van der Waals surface area (Å²) in [6.45, 7) is 3.19. The largest absolute Gasteiger partial charge is 0.378 e. The van der Waals surface area contributed by atoms with Crippen LogP contribution in [-0.2, 0) is 34.0 Å². The number of nitrogens with zero attached hydrogens (tertiary/aromatic N) is 7. The van der Waals surface area contributed by atoms with Gasteiger partial charge < -0.3 is 20.3 Å². The first-order valence-corrected chi connectivity index (χ1v) is 21.0. The van der Waals surface area contributed by atoms with Gasteiger partial charge in [-0.2, -0.15) is 0 Å². The molecular formula is C47H39ClF2N10O4. The summed E-state index contributed by atoms with van der Waals surface area (Å²) in [5.74, 6) is 4.28. The molecule has 4 aromatic carbocycles. The number of anilines is 2. The minimum absolute atomic E-state index is 0.115. The Labute approximate surface area is 371 Å². The van der Waals surface area contributed by atoms with Gasteiger partial charge in [-0.1, -0.05) is 59.0 Å². The standard InChI is InChI=1S/C47H39ClF2N10O4/c48-31-12-15-33-35(23-31)44(42-37(49)8-4-9-38(42)50)52-24-30-25-53-47(56-43(30)33)54-32-13-10-29(11-14-32)39-27-59(58-57-39)20-22-64-21-19-51-18-2-1-5-28-6-3-7-34-36(28)26-60(46(34)63)40-16-17-41(61)55-45(40)62/h3-4,6-15,23,25,27,40,51H,2,16-22,24,26H2,(H,53,54,56)(H,55,61,62). The number of imide groups is 1.